The number of rotatable bonds is 5. The maximum Gasteiger partial charge on any atom is 0.282 e. The predicted molar refractivity (Wildman–Crippen MR) is 68.4 cm³/mol. The van der Waals surface area contributed by atoms with Crippen molar-refractivity contribution in [3.05, 3.63) is 39.7 Å². The van der Waals surface area contributed by atoms with Gasteiger partial charge in [0.15, 0.2) is 0 Å². The van der Waals surface area contributed by atoms with E-state index in [1.54, 1.807) is 6.92 Å². The molecule has 0 aliphatic carbocycles. The molecule has 0 N–H and O–H groups in total. The van der Waals surface area contributed by atoms with Crippen LogP contribution in [-0.4, -0.2) is 34.2 Å². The number of nitro groups is 1. The highest BCUT2D eigenvalue weighted by Gasteiger charge is 2.24. The fraction of sp³-hybridized carbons (Fsp3) is 0.364. The number of alkyl halides is 1. The summed E-state index contributed by atoms with van der Waals surface area (Å²) in [5, 5.41) is 11.4. The number of nitro benzene ring substituents is 1. The van der Waals surface area contributed by atoms with Crippen molar-refractivity contribution < 1.29 is 14.1 Å². The van der Waals surface area contributed by atoms with Crippen LogP contribution in [0.4, 0.5) is 10.1 Å². The van der Waals surface area contributed by atoms with E-state index in [9.17, 15) is 19.3 Å². The van der Waals surface area contributed by atoms with E-state index in [0.29, 0.717) is 18.4 Å². The molecular formula is C11H12BrFN2O3. The maximum atomic E-state index is 13.1. The number of halogens is 2. The number of benzene rings is 1. The molecule has 1 aromatic carbocycles. The molecule has 0 aliphatic rings. The molecule has 5 nitrogen and oxygen atoms in total. The first-order chi connectivity index (χ1) is 8.51. The minimum Gasteiger partial charge on any atom is -0.338 e. The second-order valence-electron chi connectivity index (χ2n) is 3.49. The van der Waals surface area contributed by atoms with E-state index in [1.807, 2.05) is 0 Å². The molecular weight excluding hydrogens is 307 g/mol. The summed E-state index contributed by atoms with van der Waals surface area (Å²) < 4.78 is 13.1. The fourth-order valence-corrected chi connectivity index (χ4v) is 1.94. The molecule has 1 rings (SSSR count). The number of amides is 1. The summed E-state index contributed by atoms with van der Waals surface area (Å²) in [5.74, 6) is -1.21. The average Bonchev–Trinajstić information content (AvgIpc) is 2.34. The smallest absolute Gasteiger partial charge is 0.282 e. The molecule has 0 unspecified atom stereocenters. The van der Waals surface area contributed by atoms with Gasteiger partial charge in [0.25, 0.3) is 11.6 Å². The summed E-state index contributed by atoms with van der Waals surface area (Å²) in [4.78, 5) is 23.6. The molecule has 0 heterocycles. The molecule has 18 heavy (non-hydrogen) atoms. The first-order valence-corrected chi connectivity index (χ1v) is 6.42. The zero-order valence-electron chi connectivity index (χ0n) is 9.73. The third-order valence-electron chi connectivity index (χ3n) is 2.41. The Bertz CT molecular complexity index is 468. The number of nitrogens with zero attached hydrogens (tertiary/aromatic N) is 2. The van der Waals surface area contributed by atoms with Gasteiger partial charge in [-0.25, -0.2) is 4.39 Å². The van der Waals surface area contributed by atoms with Crippen LogP contribution in [0.15, 0.2) is 18.2 Å². The second kappa shape index (κ2) is 6.44. The molecule has 0 bridgehead atoms. The van der Waals surface area contributed by atoms with E-state index in [0.717, 1.165) is 18.2 Å². The number of carbonyl (C=O) groups is 1. The van der Waals surface area contributed by atoms with E-state index in [2.05, 4.69) is 15.9 Å². The minimum absolute atomic E-state index is 0.220. The molecule has 0 atom stereocenters. The Morgan fingerprint density at radius 2 is 2.22 bits per heavy atom. The molecule has 0 fully saturated rings. The SMILES string of the molecule is CCN(CCBr)C(=O)c1cc(F)ccc1[N+](=O)[O-]. The van der Waals surface area contributed by atoms with Crippen LogP contribution in [0.5, 0.6) is 0 Å². The summed E-state index contributed by atoms with van der Waals surface area (Å²) in [7, 11) is 0. The first-order valence-electron chi connectivity index (χ1n) is 5.30. The lowest BCUT2D eigenvalue weighted by Gasteiger charge is -2.19. The maximum absolute atomic E-state index is 13.1. The Morgan fingerprint density at radius 3 is 2.72 bits per heavy atom. The van der Waals surface area contributed by atoms with E-state index in [-0.39, 0.29) is 11.3 Å². The van der Waals surface area contributed by atoms with Gasteiger partial charge in [-0.15, -0.1) is 0 Å². The number of carbonyl (C=O) groups excluding carboxylic acids is 1. The molecule has 0 aromatic heterocycles. The highest BCUT2D eigenvalue weighted by molar-refractivity contribution is 9.09. The molecule has 1 aromatic rings. The van der Waals surface area contributed by atoms with E-state index >= 15 is 0 Å². The Labute approximate surface area is 112 Å². The van der Waals surface area contributed by atoms with Crippen molar-refractivity contribution in [2.45, 2.75) is 6.92 Å². The lowest BCUT2D eigenvalue weighted by Crippen LogP contribution is -2.33. The molecule has 0 saturated heterocycles. The normalized spacial score (nSPS) is 10.2. The van der Waals surface area contributed by atoms with Crippen molar-refractivity contribution in [3.8, 4) is 0 Å². The van der Waals surface area contributed by atoms with Gasteiger partial charge >= 0.3 is 0 Å². The fourth-order valence-electron chi connectivity index (χ4n) is 1.51. The van der Waals surface area contributed by atoms with Crippen LogP contribution in [-0.2, 0) is 0 Å². The summed E-state index contributed by atoms with van der Waals surface area (Å²) >= 11 is 3.19. The second-order valence-corrected chi connectivity index (χ2v) is 4.29. The first kappa shape index (κ1) is 14.6. The summed E-state index contributed by atoms with van der Waals surface area (Å²) in [6.07, 6.45) is 0. The van der Waals surface area contributed by atoms with Gasteiger partial charge in [0, 0.05) is 24.5 Å². The lowest BCUT2D eigenvalue weighted by molar-refractivity contribution is -0.385. The topological polar surface area (TPSA) is 63.5 Å². The van der Waals surface area contributed by atoms with E-state index < -0.39 is 16.6 Å². The molecule has 1 amide bonds. The summed E-state index contributed by atoms with van der Waals surface area (Å²) in [6, 6.07) is 2.87. The Morgan fingerprint density at radius 1 is 1.56 bits per heavy atom. The van der Waals surface area contributed by atoms with Crippen LogP contribution in [0.1, 0.15) is 17.3 Å². The van der Waals surface area contributed by atoms with Crippen molar-refractivity contribution in [1.29, 1.82) is 0 Å². The van der Waals surface area contributed by atoms with Crippen LogP contribution in [0.25, 0.3) is 0 Å². The van der Waals surface area contributed by atoms with Crippen LogP contribution >= 0.6 is 15.9 Å². The van der Waals surface area contributed by atoms with Crippen LogP contribution in [0.3, 0.4) is 0 Å². The quantitative estimate of drug-likeness (QED) is 0.476. The van der Waals surface area contributed by atoms with Crippen molar-refractivity contribution in [2.24, 2.45) is 0 Å². The average molecular weight is 319 g/mol. The number of hydrogen-bond donors (Lipinski definition) is 0. The zero-order chi connectivity index (χ0) is 13.7. The van der Waals surface area contributed by atoms with Gasteiger partial charge in [0.05, 0.1) is 4.92 Å². The van der Waals surface area contributed by atoms with Gasteiger partial charge in [-0.2, -0.15) is 0 Å². The Balaban J connectivity index is 3.17. The molecule has 7 heteroatoms. The molecule has 98 valence electrons. The van der Waals surface area contributed by atoms with Gasteiger partial charge in [0.1, 0.15) is 11.4 Å². The zero-order valence-corrected chi connectivity index (χ0v) is 11.3. The molecule has 0 radical (unpaired) electrons. The van der Waals surface area contributed by atoms with Crippen LogP contribution in [0.2, 0.25) is 0 Å². The van der Waals surface area contributed by atoms with Crippen molar-refractivity contribution in [1.82, 2.24) is 4.90 Å². The summed E-state index contributed by atoms with van der Waals surface area (Å²) in [6.45, 7) is 2.56. The highest BCUT2D eigenvalue weighted by atomic mass is 79.9. The minimum atomic E-state index is -0.686. The van der Waals surface area contributed by atoms with Gasteiger partial charge in [0.2, 0.25) is 0 Å². The summed E-state index contributed by atoms with van der Waals surface area (Å²) in [5.41, 5.74) is -0.600. The van der Waals surface area contributed by atoms with Gasteiger partial charge in [-0.05, 0) is 19.1 Å². The molecule has 0 spiro atoms. The Hall–Kier alpha value is -1.50. The van der Waals surface area contributed by atoms with Gasteiger partial charge in [-0.1, -0.05) is 15.9 Å². The molecule has 0 saturated carbocycles. The Kier molecular flexibility index (Phi) is 5.21. The molecule has 0 aliphatic heterocycles. The monoisotopic (exact) mass is 318 g/mol. The third kappa shape index (κ3) is 3.25. The van der Waals surface area contributed by atoms with E-state index in [1.165, 1.54) is 4.90 Å². The number of hydrogen-bond acceptors (Lipinski definition) is 3. The van der Waals surface area contributed by atoms with Crippen molar-refractivity contribution in [2.75, 3.05) is 18.4 Å². The lowest BCUT2D eigenvalue weighted by atomic mass is 10.1. The van der Waals surface area contributed by atoms with Gasteiger partial charge < -0.3 is 4.90 Å². The van der Waals surface area contributed by atoms with E-state index in [4.69, 9.17) is 0 Å². The van der Waals surface area contributed by atoms with Crippen LogP contribution in [0, 0.1) is 15.9 Å². The van der Waals surface area contributed by atoms with Crippen LogP contribution < -0.4 is 0 Å². The highest BCUT2D eigenvalue weighted by Crippen LogP contribution is 2.21. The van der Waals surface area contributed by atoms with Gasteiger partial charge in [-0.3, -0.25) is 14.9 Å². The predicted octanol–water partition coefficient (Wildman–Crippen LogP) is 2.59. The third-order valence-corrected chi connectivity index (χ3v) is 2.76. The van der Waals surface area contributed by atoms with Crippen molar-refractivity contribution in [3.63, 3.8) is 0 Å². The standard InChI is InChI=1S/C11H12BrFN2O3/c1-2-14(6-5-12)11(16)9-7-8(13)3-4-10(9)15(17)18/h3-4,7H,2,5-6H2,1H3. The largest absolute Gasteiger partial charge is 0.338 e. The van der Waals surface area contributed by atoms with Crippen molar-refractivity contribution >= 4 is 27.5 Å².